The van der Waals surface area contributed by atoms with E-state index in [1.54, 1.807) is 18.3 Å². The van der Waals surface area contributed by atoms with E-state index in [2.05, 4.69) is 36.4 Å². The Morgan fingerprint density at radius 2 is 2.28 bits per heavy atom. The summed E-state index contributed by atoms with van der Waals surface area (Å²) in [4.78, 5) is 16.0. The van der Waals surface area contributed by atoms with E-state index in [-0.39, 0.29) is 5.91 Å². The number of H-pyrrole nitrogens is 1. The van der Waals surface area contributed by atoms with Gasteiger partial charge in [-0.3, -0.25) is 9.89 Å². The van der Waals surface area contributed by atoms with Gasteiger partial charge in [0.1, 0.15) is 5.69 Å². The second-order valence-electron chi connectivity index (χ2n) is 3.85. The van der Waals surface area contributed by atoms with Crippen LogP contribution < -0.4 is 5.32 Å². The Morgan fingerprint density at radius 1 is 1.50 bits per heavy atom. The number of pyridine rings is 1. The van der Waals surface area contributed by atoms with Gasteiger partial charge in [-0.1, -0.05) is 6.92 Å². The van der Waals surface area contributed by atoms with Crippen molar-refractivity contribution in [2.75, 3.05) is 5.32 Å². The molecule has 0 aliphatic carbocycles. The van der Waals surface area contributed by atoms with Gasteiger partial charge >= 0.3 is 0 Å². The minimum Gasteiger partial charge on any atom is -0.304 e. The van der Waals surface area contributed by atoms with Gasteiger partial charge in [-0.05, 0) is 41.4 Å². The van der Waals surface area contributed by atoms with E-state index in [1.807, 2.05) is 13.8 Å². The first-order valence-corrected chi connectivity index (χ1v) is 6.38. The van der Waals surface area contributed by atoms with E-state index in [4.69, 9.17) is 0 Å². The number of halogens is 1. The molecule has 2 rings (SSSR count). The van der Waals surface area contributed by atoms with Crippen LogP contribution in [0.15, 0.2) is 22.8 Å². The number of amides is 1. The molecule has 2 aromatic heterocycles. The highest BCUT2D eigenvalue weighted by molar-refractivity contribution is 9.10. The molecule has 0 aromatic carbocycles. The lowest BCUT2D eigenvalue weighted by Gasteiger charge is -2.02. The number of aromatic amines is 1. The zero-order valence-corrected chi connectivity index (χ0v) is 11.7. The van der Waals surface area contributed by atoms with Gasteiger partial charge < -0.3 is 5.32 Å². The second-order valence-corrected chi connectivity index (χ2v) is 4.76. The monoisotopic (exact) mass is 308 g/mol. The van der Waals surface area contributed by atoms with Gasteiger partial charge in [0.2, 0.25) is 0 Å². The van der Waals surface area contributed by atoms with Crippen molar-refractivity contribution in [3.05, 3.63) is 39.8 Å². The molecule has 0 aliphatic heterocycles. The molecule has 0 bridgehead atoms. The molecule has 0 aliphatic rings. The predicted octanol–water partition coefficient (Wildman–Crippen LogP) is 2.69. The van der Waals surface area contributed by atoms with Crippen LogP contribution in [0.5, 0.6) is 0 Å². The van der Waals surface area contributed by atoms with Crippen LogP contribution in [0, 0.1) is 6.92 Å². The lowest BCUT2D eigenvalue weighted by molar-refractivity contribution is 0.102. The van der Waals surface area contributed by atoms with E-state index >= 15 is 0 Å². The standard InChI is InChI=1S/C12H13BrN4O/c1-3-9-7(2)11(17-16-9)15-12(18)10-5-4-8(13)6-14-10/h4-6H,3H2,1-2H3,(H2,15,16,17,18). The van der Waals surface area contributed by atoms with Crippen LogP contribution in [-0.2, 0) is 6.42 Å². The summed E-state index contributed by atoms with van der Waals surface area (Å²) < 4.78 is 0.836. The third-order valence-corrected chi connectivity index (χ3v) is 3.13. The van der Waals surface area contributed by atoms with E-state index in [0.717, 1.165) is 22.2 Å². The highest BCUT2D eigenvalue weighted by Crippen LogP contribution is 2.16. The highest BCUT2D eigenvalue weighted by Gasteiger charge is 2.12. The summed E-state index contributed by atoms with van der Waals surface area (Å²) in [7, 11) is 0. The Bertz CT molecular complexity index is 562. The smallest absolute Gasteiger partial charge is 0.275 e. The molecule has 0 unspecified atom stereocenters. The molecule has 2 N–H and O–H groups in total. The fourth-order valence-electron chi connectivity index (χ4n) is 1.58. The Morgan fingerprint density at radius 3 is 2.83 bits per heavy atom. The number of hydrogen-bond acceptors (Lipinski definition) is 3. The number of nitrogens with zero attached hydrogens (tertiary/aromatic N) is 2. The summed E-state index contributed by atoms with van der Waals surface area (Å²) in [6, 6.07) is 3.43. The minimum atomic E-state index is -0.264. The lowest BCUT2D eigenvalue weighted by atomic mass is 10.2. The quantitative estimate of drug-likeness (QED) is 0.916. The number of aromatic nitrogens is 3. The Balaban J connectivity index is 2.16. The number of anilines is 1. The number of rotatable bonds is 3. The van der Waals surface area contributed by atoms with Crippen molar-refractivity contribution in [1.29, 1.82) is 0 Å². The van der Waals surface area contributed by atoms with E-state index in [0.29, 0.717) is 11.5 Å². The first-order chi connectivity index (χ1) is 8.61. The molecular formula is C12H13BrN4O. The summed E-state index contributed by atoms with van der Waals surface area (Å²) in [6.45, 7) is 3.95. The topological polar surface area (TPSA) is 70.7 Å². The molecule has 5 nitrogen and oxygen atoms in total. The second kappa shape index (κ2) is 5.30. The van der Waals surface area contributed by atoms with Crippen LogP contribution in [-0.4, -0.2) is 21.1 Å². The summed E-state index contributed by atoms with van der Waals surface area (Å²) in [6.07, 6.45) is 2.44. The van der Waals surface area contributed by atoms with E-state index in [1.165, 1.54) is 0 Å². The molecule has 0 radical (unpaired) electrons. The van der Waals surface area contributed by atoms with Gasteiger partial charge in [0, 0.05) is 21.9 Å². The van der Waals surface area contributed by atoms with Crippen molar-refractivity contribution in [2.24, 2.45) is 0 Å². The Kier molecular flexibility index (Phi) is 3.76. The molecule has 18 heavy (non-hydrogen) atoms. The first-order valence-electron chi connectivity index (χ1n) is 5.58. The van der Waals surface area contributed by atoms with Crippen LogP contribution in [0.4, 0.5) is 5.82 Å². The number of carbonyl (C=O) groups excluding carboxylic acids is 1. The van der Waals surface area contributed by atoms with Crippen LogP contribution in [0.25, 0.3) is 0 Å². The normalized spacial score (nSPS) is 10.4. The van der Waals surface area contributed by atoms with E-state index in [9.17, 15) is 4.79 Å². The fraction of sp³-hybridized carbons (Fsp3) is 0.250. The molecular weight excluding hydrogens is 296 g/mol. The number of carbonyl (C=O) groups is 1. The SMILES string of the molecule is CCc1[nH]nc(NC(=O)c2ccc(Br)cn2)c1C. The zero-order chi connectivity index (χ0) is 13.1. The summed E-state index contributed by atoms with van der Waals surface area (Å²) in [5.41, 5.74) is 2.34. The van der Waals surface area contributed by atoms with Crippen molar-refractivity contribution < 1.29 is 4.79 Å². The molecule has 0 spiro atoms. The minimum absolute atomic E-state index is 0.264. The van der Waals surface area contributed by atoms with Crippen molar-refractivity contribution in [2.45, 2.75) is 20.3 Å². The number of aryl methyl sites for hydroxylation is 1. The van der Waals surface area contributed by atoms with Crippen LogP contribution in [0.1, 0.15) is 28.7 Å². The van der Waals surface area contributed by atoms with Gasteiger partial charge in [0.05, 0.1) is 0 Å². The summed E-state index contributed by atoms with van der Waals surface area (Å²) in [5, 5.41) is 9.71. The zero-order valence-electron chi connectivity index (χ0n) is 10.1. The lowest BCUT2D eigenvalue weighted by Crippen LogP contribution is -2.14. The number of hydrogen-bond donors (Lipinski definition) is 2. The molecule has 1 amide bonds. The molecule has 0 fully saturated rings. The van der Waals surface area contributed by atoms with Crippen molar-refractivity contribution in [1.82, 2.24) is 15.2 Å². The molecule has 0 saturated heterocycles. The van der Waals surface area contributed by atoms with Crippen molar-refractivity contribution in [3.8, 4) is 0 Å². The van der Waals surface area contributed by atoms with E-state index < -0.39 is 0 Å². The molecule has 2 heterocycles. The average Bonchev–Trinajstić information content (AvgIpc) is 2.71. The van der Waals surface area contributed by atoms with Crippen LogP contribution >= 0.6 is 15.9 Å². The largest absolute Gasteiger partial charge is 0.304 e. The maximum Gasteiger partial charge on any atom is 0.275 e. The van der Waals surface area contributed by atoms with Gasteiger partial charge in [0.15, 0.2) is 5.82 Å². The predicted molar refractivity (Wildman–Crippen MR) is 72.6 cm³/mol. The summed E-state index contributed by atoms with van der Waals surface area (Å²) >= 11 is 3.27. The van der Waals surface area contributed by atoms with Gasteiger partial charge in [-0.25, -0.2) is 4.98 Å². The molecule has 6 heteroatoms. The van der Waals surface area contributed by atoms with Gasteiger partial charge in [0.25, 0.3) is 5.91 Å². The first kappa shape index (κ1) is 12.8. The third-order valence-electron chi connectivity index (χ3n) is 2.66. The third kappa shape index (κ3) is 2.59. The molecule has 94 valence electrons. The van der Waals surface area contributed by atoms with Crippen molar-refractivity contribution in [3.63, 3.8) is 0 Å². The van der Waals surface area contributed by atoms with Crippen molar-refractivity contribution >= 4 is 27.7 Å². The fourth-order valence-corrected chi connectivity index (χ4v) is 1.82. The molecule has 2 aromatic rings. The number of nitrogens with one attached hydrogen (secondary N) is 2. The average molecular weight is 309 g/mol. The van der Waals surface area contributed by atoms with Crippen LogP contribution in [0.2, 0.25) is 0 Å². The van der Waals surface area contributed by atoms with Crippen LogP contribution in [0.3, 0.4) is 0 Å². The molecule has 0 saturated carbocycles. The molecule has 0 atom stereocenters. The maximum absolute atomic E-state index is 11.9. The maximum atomic E-state index is 11.9. The summed E-state index contributed by atoms with van der Waals surface area (Å²) in [5.74, 6) is 0.293. The Hall–Kier alpha value is -1.69. The van der Waals surface area contributed by atoms with Gasteiger partial charge in [-0.15, -0.1) is 0 Å². The van der Waals surface area contributed by atoms with Gasteiger partial charge in [-0.2, -0.15) is 5.10 Å². The Labute approximate surface area is 113 Å². The highest BCUT2D eigenvalue weighted by atomic mass is 79.9.